The van der Waals surface area contributed by atoms with Crippen LogP contribution in [0.4, 0.5) is 13.2 Å². The van der Waals surface area contributed by atoms with Gasteiger partial charge in [0.2, 0.25) is 5.91 Å². The number of nitrogens with zero attached hydrogens (tertiary/aromatic N) is 1. The van der Waals surface area contributed by atoms with Crippen LogP contribution in [-0.2, 0) is 15.7 Å². The summed E-state index contributed by atoms with van der Waals surface area (Å²) in [6.07, 6.45) is -3.63. The number of halogens is 4. The predicted octanol–water partition coefficient (Wildman–Crippen LogP) is 4.49. The first kappa shape index (κ1) is 27.1. The zero-order valence-corrected chi connectivity index (χ0v) is 20.1. The van der Waals surface area contributed by atoms with Crippen LogP contribution in [0.1, 0.15) is 43.2 Å². The molecule has 4 atom stereocenters. The molecule has 3 unspecified atom stereocenters. The number of hydrogen-bond donors (Lipinski definition) is 2. The highest BCUT2D eigenvalue weighted by Crippen LogP contribution is 2.39. The number of primary amides is 1. The molecule has 2 heterocycles. The Bertz CT molecular complexity index is 1020. The Hall–Kier alpha value is -2.49. The fourth-order valence-corrected chi connectivity index (χ4v) is 5.00. The van der Waals surface area contributed by atoms with E-state index in [1.165, 1.54) is 12.1 Å². The second-order valence-electron chi connectivity index (χ2n) is 9.14. The zero-order valence-electron chi connectivity index (χ0n) is 19.3. The molecule has 6 nitrogen and oxygen atoms in total. The number of benzene rings is 2. The van der Waals surface area contributed by atoms with Crippen molar-refractivity contribution in [3.8, 4) is 11.5 Å². The van der Waals surface area contributed by atoms with Crippen LogP contribution in [0.2, 0.25) is 0 Å². The number of hydrogen-bond acceptors (Lipinski definition) is 5. The number of carbonyl (C=O) groups excluding carboxylic acids is 1. The Kier molecular flexibility index (Phi) is 8.24. The van der Waals surface area contributed by atoms with Crippen LogP contribution in [0.15, 0.2) is 48.5 Å². The van der Waals surface area contributed by atoms with Crippen molar-refractivity contribution in [3.63, 3.8) is 0 Å². The quantitative estimate of drug-likeness (QED) is 0.593. The average Bonchev–Trinajstić information content (AvgIpc) is 3.27. The van der Waals surface area contributed by atoms with Gasteiger partial charge >= 0.3 is 6.18 Å². The van der Waals surface area contributed by atoms with Crippen LogP contribution < -0.4 is 10.5 Å². The van der Waals surface area contributed by atoms with Gasteiger partial charge in [0, 0.05) is 32.0 Å². The largest absolute Gasteiger partial charge is 0.508 e. The van der Waals surface area contributed by atoms with E-state index < -0.39 is 23.2 Å². The summed E-state index contributed by atoms with van der Waals surface area (Å²) in [6.45, 7) is 3.32. The van der Waals surface area contributed by atoms with Gasteiger partial charge < -0.3 is 20.3 Å². The lowest BCUT2D eigenvalue weighted by Gasteiger charge is -2.46. The van der Waals surface area contributed by atoms with Gasteiger partial charge in [0.1, 0.15) is 23.1 Å². The number of carbonyl (C=O) groups is 1. The summed E-state index contributed by atoms with van der Waals surface area (Å²) < 4.78 is 51.0. The predicted molar refractivity (Wildman–Crippen MR) is 127 cm³/mol. The minimum absolute atomic E-state index is 0. The maximum absolute atomic E-state index is 13.0. The van der Waals surface area contributed by atoms with Gasteiger partial charge in [-0.3, -0.25) is 9.69 Å². The molecule has 35 heavy (non-hydrogen) atoms. The molecule has 10 heteroatoms. The Morgan fingerprint density at radius 1 is 1.26 bits per heavy atom. The number of phenolic OH excluding ortho intramolecular Hbond substituents is 1. The van der Waals surface area contributed by atoms with Gasteiger partial charge in [0.05, 0.1) is 11.7 Å². The maximum Gasteiger partial charge on any atom is 0.416 e. The lowest BCUT2D eigenvalue weighted by atomic mass is 9.79. The fraction of sp³-hybridized carbons (Fsp3) is 0.480. The first-order valence-electron chi connectivity index (χ1n) is 11.4. The second-order valence-corrected chi connectivity index (χ2v) is 9.14. The number of phenols is 1. The first-order chi connectivity index (χ1) is 16.1. The smallest absolute Gasteiger partial charge is 0.416 e. The van der Waals surface area contributed by atoms with Crippen molar-refractivity contribution in [2.45, 2.75) is 56.0 Å². The van der Waals surface area contributed by atoms with E-state index in [-0.39, 0.29) is 42.0 Å². The maximum atomic E-state index is 13.0. The van der Waals surface area contributed by atoms with E-state index in [1.54, 1.807) is 12.1 Å². The summed E-state index contributed by atoms with van der Waals surface area (Å²) in [4.78, 5) is 14.8. The molecule has 0 spiro atoms. The molecule has 2 fully saturated rings. The van der Waals surface area contributed by atoms with Gasteiger partial charge in [-0.1, -0.05) is 25.1 Å². The monoisotopic (exact) mass is 514 g/mol. The number of alkyl halides is 3. The highest BCUT2D eigenvalue weighted by molar-refractivity contribution is 5.85. The van der Waals surface area contributed by atoms with E-state index in [0.717, 1.165) is 17.7 Å². The molecule has 3 N–H and O–H groups in total. The molecule has 0 radical (unpaired) electrons. The molecule has 0 saturated carbocycles. The number of ether oxygens (including phenoxy) is 2. The van der Waals surface area contributed by atoms with E-state index in [9.17, 15) is 23.1 Å². The first-order valence-corrected chi connectivity index (χ1v) is 11.4. The summed E-state index contributed by atoms with van der Waals surface area (Å²) in [5.41, 5.74) is 5.24. The van der Waals surface area contributed by atoms with Crippen molar-refractivity contribution in [1.82, 2.24) is 4.90 Å². The molecular weight excluding hydrogens is 485 g/mol. The van der Waals surface area contributed by atoms with Crippen LogP contribution >= 0.6 is 12.4 Å². The van der Waals surface area contributed by atoms with Crippen molar-refractivity contribution < 1.29 is 32.5 Å². The number of aromatic hydroxyl groups is 1. The average molecular weight is 515 g/mol. The van der Waals surface area contributed by atoms with Crippen molar-refractivity contribution in [3.05, 3.63) is 59.7 Å². The highest BCUT2D eigenvalue weighted by atomic mass is 35.5. The van der Waals surface area contributed by atoms with E-state index >= 15 is 0 Å². The molecule has 2 aromatic carbocycles. The van der Waals surface area contributed by atoms with E-state index in [0.29, 0.717) is 39.0 Å². The van der Waals surface area contributed by atoms with Gasteiger partial charge in [-0.2, -0.15) is 13.2 Å². The molecule has 0 aliphatic carbocycles. The molecule has 192 valence electrons. The summed E-state index contributed by atoms with van der Waals surface area (Å²) in [5.74, 6) is -0.130. The summed E-state index contributed by atoms with van der Waals surface area (Å²) >= 11 is 0. The molecule has 4 rings (SSSR count). The number of nitrogens with two attached hydrogens (primary N) is 1. The molecule has 0 aromatic heterocycles. The molecule has 2 aromatic rings. The molecular formula is C25H30ClF3N2O4. The molecule has 0 bridgehead atoms. The molecule has 2 saturated heterocycles. The highest BCUT2D eigenvalue weighted by Gasteiger charge is 2.50. The normalized spacial score (nSPS) is 26.1. The van der Waals surface area contributed by atoms with Crippen LogP contribution in [-0.4, -0.2) is 53.4 Å². The molecule has 2 aliphatic rings. The Labute approximate surface area is 208 Å². The summed E-state index contributed by atoms with van der Waals surface area (Å²) in [6, 6.07) is 11.7. The zero-order chi connectivity index (χ0) is 24.5. The molecule has 1 amide bonds. The lowest BCUT2D eigenvalue weighted by Crippen LogP contribution is -2.61. The van der Waals surface area contributed by atoms with Crippen molar-refractivity contribution in [2.24, 2.45) is 5.73 Å². The number of rotatable bonds is 6. The Morgan fingerprint density at radius 2 is 1.97 bits per heavy atom. The summed E-state index contributed by atoms with van der Waals surface area (Å²) in [7, 11) is 0. The van der Waals surface area contributed by atoms with Crippen LogP contribution in [0.5, 0.6) is 11.5 Å². The third-order valence-electron chi connectivity index (χ3n) is 7.04. The fourth-order valence-electron chi connectivity index (χ4n) is 5.00. The minimum atomic E-state index is -4.44. The van der Waals surface area contributed by atoms with Gasteiger partial charge in [-0.25, -0.2) is 0 Å². The van der Waals surface area contributed by atoms with E-state index in [4.69, 9.17) is 15.2 Å². The van der Waals surface area contributed by atoms with Crippen molar-refractivity contribution in [2.75, 3.05) is 19.7 Å². The third kappa shape index (κ3) is 5.85. The van der Waals surface area contributed by atoms with Crippen LogP contribution in [0.3, 0.4) is 0 Å². The Balaban J connectivity index is 0.00000342. The van der Waals surface area contributed by atoms with Gasteiger partial charge in [-0.05, 0) is 48.7 Å². The van der Waals surface area contributed by atoms with E-state index in [1.807, 2.05) is 24.0 Å². The summed E-state index contributed by atoms with van der Waals surface area (Å²) in [5, 5.41) is 9.57. The Morgan fingerprint density at radius 3 is 2.63 bits per heavy atom. The van der Waals surface area contributed by atoms with Crippen LogP contribution in [0.25, 0.3) is 0 Å². The van der Waals surface area contributed by atoms with Gasteiger partial charge in [0.25, 0.3) is 0 Å². The van der Waals surface area contributed by atoms with Crippen LogP contribution in [0, 0.1) is 0 Å². The van der Waals surface area contributed by atoms with Gasteiger partial charge in [0.15, 0.2) is 0 Å². The number of likely N-dealkylation sites (tertiary alicyclic amines) is 1. The van der Waals surface area contributed by atoms with E-state index in [2.05, 4.69) is 0 Å². The SMILES string of the molecule is C[C@@H](c1ccc(O)cc1)C1CC(C(N)=O)(N2CCC(Oc3cccc(C(F)(F)F)c3)C2)CCO1.Cl. The molecule has 2 aliphatic heterocycles. The second kappa shape index (κ2) is 10.6. The topological polar surface area (TPSA) is 85.0 Å². The van der Waals surface area contributed by atoms with Crippen molar-refractivity contribution >= 4 is 18.3 Å². The number of amides is 1. The lowest BCUT2D eigenvalue weighted by molar-refractivity contribution is -0.142. The van der Waals surface area contributed by atoms with Crippen molar-refractivity contribution in [1.29, 1.82) is 0 Å². The van der Waals surface area contributed by atoms with Gasteiger partial charge in [-0.15, -0.1) is 12.4 Å². The standard InChI is InChI=1S/C25H29F3N2O4.ClH/c1-16(17-5-7-19(31)8-6-17)22-14-24(23(29)32,10-12-33-22)30-11-9-21(15-30)34-20-4-2-3-18(13-20)25(26,27)28;/h2-8,13,16,21-22,31H,9-12,14-15H2,1H3,(H2,29,32);1H/t16-,21?,22?,24?;/m0./s1. The third-order valence-corrected chi connectivity index (χ3v) is 7.04. The minimum Gasteiger partial charge on any atom is -0.508 e.